The summed E-state index contributed by atoms with van der Waals surface area (Å²) < 4.78 is 12.1. The van der Waals surface area contributed by atoms with Gasteiger partial charge in [-0.15, -0.1) is 0 Å². The summed E-state index contributed by atoms with van der Waals surface area (Å²) in [6.45, 7) is 4.42. The van der Waals surface area contributed by atoms with Gasteiger partial charge in [0.05, 0.1) is 25.5 Å². The van der Waals surface area contributed by atoms with Crippen molar-refractivity contribution < 1.29 is 14.6 Å². The number of ether oxygens (including phenoxy) is 2. The van der Waals surface area contributed by atoms with Crippen LogP contribution in [0.3, 0.4) is 0 Å². The molecule has 0 amide bonds. The number of morpholine rings is 1. The van der Waals surface area contributed by atoms with Gasteiger partial charge in [0.2, 0.25) is 0 Å². The van der Waals surface area contributed by atoms with Crippen molar-refractivity contribution in [1.29, 1.82) is 0 Å². The molecule has 0 aromatic heterocycles. The fourth-order valence-electron chi connectivity index (χ4n) is 5.41. The minimum atomic E-state index is 0.0514. The number of rotatable bonds is 2. The summed E-state index contributed by atoms with van der Waals surface area (Å²) in [5.41, 5.74) is 1.10. The van der Waals surface area contributed by atoms with E-state index < -0.39 is 0 Å². The van der Waals surface area contributed by atoms with Gasteiger partial charge in [0.25, 0.3) is 0 Å². The summed E-state index contributed by atoms with van der Waals surface area (Å²) in [6, 6.07) is 7.97. The number of hydrogen-bond donors (Lipinski definition) is 3. The number of fused-ring (bicyclic) bond motifs is 3. The fraction of sp³-hybridized carbons (Fsp3) is 0.700. The van der Waals surface area contributed by atoms with Crippen LogP contribution in [0.4, 0.5) is 0 Å². The zero-order valence-corrected chi connectivity index (χ0v) is 15.9. The molecule has 6 unspecified atom stereocenters. The summed E-state index contributed by atoms with van der Waals surface area (Å²) in [4.78, 5) is 4.90. The number of piperidine rings is 1. The van der Waals surface area contributed by atoms with Gasteiger partial charge < -0.3 is 14.6 Å². The summed E-state index contributed by atoms with van der Waals surface area (Å²) in [6.07, 6.45) is 2.87. The Bertz CT molecular complexity index is 668. The largest absolute Gasteiger partial charge is 0.508 e. The second-order valence-electron chi connectivity index (χ2n) is 8.19. The lowest BCUT2D eigenvalue weighted by molar-refractivity contribution is -0.112. The molecule has 4 heterocycles. The molecule has 7 nitrogen and oxygen atoms in total. The lowest BCUT2D eigenvalue weighted by Crippen LogP contribution is -2.68. The average molecular weight is 374 g/mol. The number of aromatic hydroxyl groups is 1. The molecule has 0 radical (unpaired) electrons. The Morgan fingerprint density at radius 1 is 1.22 bits per heavy atom. The molecular formula is C20H30N4O3. The molecule has 27 heavy (non-hydrogen) atoms. The van der Waals surface area contributed by atoms with Crippen molar-refractivity contribution in [3.63, 3.8) is 0 Å². The zero-order chi connectivity index (χ0) is 18.4. The van der Waals surface area contributed by atoms with E-state index in [2.05, 4.69) is 33.5 Å². The van der Waals surface area contributed by atoms with E-state index in [9.17, 15) is 5.11 Å². The zero-order valence-electron chi connectivity index (χ0n) is 15.9. The Hall–Kier alpha value is -1.22. The Balaban J connectivity index is 1.49. The van der Waals surface area contributed by atoms with Gasteiger partial charge in [-0.3, -0.25) is 20.4 Å². The van der Waals surface area contributed by atoms with Crippen LogP contribution in [0.5, 0.6) is 5.75 Å². The van der Waals surface area contributed by atoms with Crippen molar-refractivity contribution in [2.75, 3.05) is 39.9 Å². The van der Waals surface area contributed by atoms with Crippen molar-refractivity contribution >= 4 is 0 Å². The van der Waals surface area contributed by atoms with E-state index in [1.54, 1.807) is 6.07 Å². The maximum atomic E-state index is 10.0. The van der Waals surface area contributed by atoms with Gasteiger partial charge in [-0.05, 0) is 44.1 Å². The quantitative estimate of drug-likeness (QED) is 0.703. The minimum Gasteiger partial charge on any atom is -0.508 e. The number of phenolic OH excluding ortho intramolecular Hbond substituents is 1. The van der Waals surface area contributed by atoms with Crippen LogP contribution in [0.25, 0.3) is 0 Å². The van der Waals surface area contributed by atoms with Gasteiger partial charge >= 0.3 is 0 Å². The Kier molecular flexibility index (Phi) is 4.83. The maximum Gasteiger partial charge on any atom is 0.115 e. The summed E-state index contributed by atoms with van der Waals surface area (Å²) >= 11 is 0. The van der Waals surface area contributed by atoms with Crippen molar-refractivity contribution in [3.8, 4) is 5.75 Å². The van der Waals surface area contributed by atoms with Crippen LogP contribution in [0.1, 0.15) is 24.6 Å². The van der Waals surface area contributed by atoms with Crippen LogP contribution in [0, 0.1) is 5.92 Å². The first-order valence-corrected chi connectivity index (χ1v) is 10.2. The smallest absolute Gasteiger partial charge is 0.115 e. The van der Waals surface area contributed by atoms with Crippen LogP contribution in [0.15, 0.2) is 24.3 Å². The SMILES string of the molecule is CN1C(c2cccc(O)c2)NC(N2CCOCC2)C2OC3NCCCC3C21. The summed E-state index contributed by atoms with van der Waals surface area (Å²) in [5.74, 6) is 0.812. The summed E-state index contributed by atoms with van der Waals surface area (Å²) in [5, 5.41) is 17.4. The maximum absolute atomic E-state index is 10.0. The lowest BCUT2D eigenvalue weighted by atomic mass is 9.85. The molecule has 0 bridgehead atoms. The third kappa shape index (κ3) is 3.16. The molecule has 4 saturated heterocycles. The van der Waals surface area contributed by atoms with E-state index >= 15 is 0 Å². The standard InChI is InChI=1S/C20H30N4O3/c1-23-16-15-6-3-7-21-20(15)27-17(16)19(24-8-10-26-11-9-24)22-18(23)13-4-2-5-14(25)12-13/h2,4-5,12,15-22,25H,3,6-11H2,1H3. The van der Waals surface area contributed by atoms with E-state index in [0.29, 0.717) is 17.7 Å². The first-order valence-electron chi connectivity index (χ1n) is 10.2. The first kappa shape index (κ1) is 17.8. The molecule has 0 aliphatic carbocycles. The Morgan fingerprint density at radius 2 is 2.07 bits per heavy atom. The van der Waals surface area contributed by atoms with Crippen LogP contribution < -0.4 is 10.6 Å². The molecule has 148 valence electrons. The third-order valence-corrected chi connectivity index (χ3v) is 6.67. The van der Waals surface area contributed by atoms with E-state index in [1.165, 1.54) is 12.8 Å². The highest BCUT2D eigenvalue weighted by atomic mass is 16.5. The number of phenols is 1. The second-order valence-corrected chi connectivity index (χ2v) is 8.19. The Morgan fingerprint density at radius 3 is 2.89 bits per heavy atom. The summed E-state index contributed by atoms with van der Waals surface area (Å²) in [7, 11) is 2.19. The molecule has 6 atom stereocenters. The van der Waals surface area contributed by atoms with Crippen LogP contribution in [0.2, 0.25) is 0 Å². The predicted molar refractivity (Wildman–Crippen MR) is 101 cm³/mol. The molecule has 0 saturated carbocycles. The molecular weight excluding hydrogens is 344 g/mol. The Labute approximate surface area is 160 Å². The monoisotopic (exact) mass is 374 g/mol. The van der Waals surface area contributed by atoms with Gasteiger partial charge in [0.1, 0.15) is 18.1 Å². The molecule has 4 fully saturated rings. The number of benzene rings is 1. The van der Waals surface area contributed by atoms with E-state index in [0.717, 1.165) is 38.4 Å². The molecule has 1 aromatic carbocycles. The second kappa shape index (κ2) is 7.31. The number of hydrogen-bond acceptors (Lipinski definition) is 7. The topological polar surface area (TPSA) is 69.2 Å². The molecule has 0 spiro atoms. The highest BCUT2D eigenvalue weighted by molar-refractivity contribution is 5.30. The first-order chi connectivity index (χ1) is 13.2. The molecule has 4 aliphatic heterocycles. The molecule has 7 heteroatoms. The van der Waals surface area contributed by atoms with Crippen LogP contribution in [-0.4, -0.2) is 79.3 Å². The van der Waals surface area contributed by atoms with Crippen molar-refractivity contribution in [3.05, 3.63) is 29.8 Å². The van der Waals surface area contributed by atoms with E-state index in [4.69, 9.17) is 9.47 Å². The predicted octanol–water partition coefficient (Wildman–Crippen LogP) is 0.677. The van der Waals surface area contributed by atoms with Gasteiger partial charge in [0, 0.05) is 25.0 Å². The van der Waals surface area contributed by atoms with Crippen molar-refractivity contribution in [1.82, 2.24) is 20.4 Å². The molecule has 1 aromatic rings. The minimum absolute atomic E-state index is 0.0514. The number of nitrogens with one attached hydrogen (secondary N) is 2. The van der Waals surface area contributed by atoms with Crippen molar-refractivity contribution in [2.24, 2.45) is 5.92 Å². The highest BCUT2D eigenvalue weighted by Crippen LogP contribution is 2.42. The highest BCUT2D eigenvalue weighted by Gasteiger charge is 2.55. The van der Waals surface area contributed by atoms with Crippen molar-refractivity contribution in [2.45, 2.75) is 43.5 Å². The average Bonchev–Trinajstić information content (AvgIpc) is 3.09. The van der Waals surface area contributed by atoms with Gasteiger partial charge in [-0.1, -0.05) is 12.1 Å². The number of likely N-dealkylation sites (N-methyl/N-ethyl adjacent to an activating group) is 1. The molecule has 5 rings (SSSR count). The van der Waals surface area contributed by atoms with Crippen LogP contribution in [-0.2, 0) is 9.47 Å². The number of nitrogens with zero attached hydrogens (tertiary/aromatic N) is 2. The van der Waals surface area contributed by atoms with Gasteiger partial charge in [0.15, 0.2) is 0 Å². The third-order valence-electron chi connectivity index (χ3n) is 6.67. The lowest BCUT2D eigenvalue weighted by Gasteiger charge is -2.51. The van der Waals surface area contributed by atoms with Gasteiger partial charge in [-0.25, -0.2) is 0 Å². The molecule has 3 N–H and O–H groups in total. The van der Waals surface area contributed by atoms with E-state index in [1.807, 2.05) is 12.1 Å². The van der Waals surface area contributed by atoms with Gasteiger partial charge in [-0.2, -0.15) is 0 Å². The van der Waals surface area contributed by atoms with Crippen LogP contribution >= 0.6 is 0 Å². The fourth-order valence-corrected chi connectivity index (χ4v) is 5.41. The normalized spacial score (nSPS) is 40.5. The van der Waals surface area contributed by atoms with E-state index in [-0.39, 0.29) is 24.7 Å². The molecule has 4 aliphatic rings.